The van der Waals surface area contributed by atoms with Gasteiger partial charge in [-0.15, -0.1) is 0 Å². The van der Waals surface area contributed by atoms with Gasteiger partial charge in [-0.1, -0.05) is 17.7 Å². The van der Waals surface area contributed by atoms with E-state index in [4.69, 9.17) is 17.3 Å². The van der Waals surface area contributed by atoms with Crippen LogP contribution in [-0.4, -0.2) is 54.0 Å². The number of nitro groups is 1. The van der Waals surface area contributed by atoms with Crippen molar-refractivity contribution in [3.8, 4) is 0 Å². The quantitative estimate of drug-likeness (QED) is 0.670. The third-order valence-corrected chi connectivity index (χ3v) is 4.09. The molecule has 2 N–H and O–H groups in total. The molecule has 0 aromatic heterocycles. The summed E-state index contributed by atoms with van der Waals surface area (Å²) in [5, 5.41) is 11.6. The van der Waals surface area contributed by atoms with E-state index in [1.165, 1.54) is 6.07 Å². The minimum absolute atomic E-state index is 0.0761. The summed E-state index contributed by atoms with van der Waals surface area (Å²) in [5.41, 5.74) is 6.46. The standard InChI is InChI=1S/C13H19ClN4O2/c1-16-5-6-17(10(7-15)8-16)9-11-12(14)3-2-4-13(11)18(19)20/h2-4,10H,5-9,15H2,1H3. The topological polar surface area (TPSA) is 75.6 Å². The fourth-order valence-electron chi connectivity index (χ4n) is 2.56. The summed E-state index contributed by atoms with van der Waals surface area (Å²) in [6.07, 6.45) is 0. The van der Waals surface area contributed by atoms with Crippen molar-refractivity contribution >= 4 is 17.3 Å². The maximum Gasteiger partial charge on any atom is 0.275 e. The van der Waals surface area contributed by atoms with Gasteiger partial charge in [0, 0.05) is 44.8 Å². The van der Waals surface area contributed by atoms with E-state index in [0.717, 1.165) is 19.6 Å². The predicted octanol–water partition coefficient (Wildman–Crippen LogP) is 1.32. The van der Waals surface area contributed by atoms with Crippen molar-refractivity contribution in [1.29, 1.82) is 0 Å². The zero-order chi connectivity index (χ0) is 14.7. The van der Waals surface area contributed by atoms with Crippen LogP contribution in [0.1, 0.15) is 5.56 Å². The molecule has 20 heavy (non-hydrogen) atoms. The molecular weight excluding hydrogens is 280 g/mol. The second-order valence-corrected chi connectivity index (χ2v) is 5.52. The maximum absolute atomic E-state index is 11.1. The Morgan fingerprint density at radius 2 is 2.25 bits per heavy atom. The second kappa shape index (κ2) is 6.49. The molecule has 6 nitrogen and oxygen atoms in total. The molecule has 0 spiro atoms. The average Bonchev–Trinajstić information content (AvgIpc) is 2.42. The molecule has 1 fully saturated rings. The molecular formula is C13H19ClN4O2. The van der Waals surface area contributed by atoms with Crippen molar-refractivity contribution in [2.45, 2.75) is 12.6 Å². The van der Waals surface area contributed by atoms with E-state index < -0.39 is 0 Å². The number of nitrogens with zero attached hydrogens (tertiary/aromatic N) is 3. The molecule has 1 aliphatic heterocycles. The Labute approximate surface area is 123 Å². The highest BCUT2D eigenvalue weighted by Crippen LogP contribution is 2.28. The van der Waals surface area contributed by atoms with E-state index in [2.05, 4.69) is 16.8 Å². The molecule has 7 heteroatoms. The van der Waals surface area contributed by atoms with Gasteiger partial charge in [0.15, 0.2) is 0 Å². The SMILES string of the molecule is CN1CCN(Cc2c(Cl)cccc2[N+](=O)[O-])C(CN)C1. The van der Waals surface area contributed by atoms with Crippen LogP contribution >= 0.6 is 11.6 Å². The summed E-state index contributed by atoms with van der Waals surface area (Å²) in [6, 6.07) is 4.99. The van der Waals surface area contributed by atoms with Crippen LogP contribution in [0.5, 0.6) is 0 Å². The smallest absolute Gasteiger partial charge is 0.275 e. The van der Waals surface area contributed by atoms with Crippen molar-refractivity contribution in [1.82, 2.24) is 9.80 Å². The second-order valence-electron chi connectivity index (χ2n) is 5.12. The van der Waals surface area contributed by atoms with Crippen LogP contribution in [0, 0.1) is 10.1 Å². The molecule has 1 aliphatic rings. The average molecular weight is 299 g/mol. The van der Waals surface area contributed by atoms with E-state index in [-0.39, 0.29) is 16.7 Å². The Morgan fingerprint density at radius 3 is 2.90 bits per heavy atom. The Kier molecular flexibility index (Phi) is 4.93. The van der Waals surface area contributed by atoms with Gasteiger partial charge >= 0.3 is 0 Å². The Bertz CT molecular complexity index is 497. The molecule has 1 heterocycles. The molecule has 1 aromatic carbocycles. The summed E-state index contributed by atoms with van der Waals surface area (Å²) in [4.78, 5) is 15.1. The zero-order valence-electron chi connectivity index (χ0n) is 11.5. The summed E-state index contributed by atoms with van der Waals surface area (Å²) in [6.45, 7) is 3.62. The molecule has 0 radical (unpaired) electrons. The van der Waals surface area contributed by atoms with Crippen LogP contribution in [0.2, 0.25) is 5.02 Å². The fourth-order valence-corrected chi connectivity index (χ4v) is 2.79. The third kappa shape index (κ3) is 3.27. The maximum atomic E-state index is 11.1. The monoisotopic (exact) mass is 298 g/mol. The highest BCUT2D eigenvalue weighted by atomic mass is 35.5. The van der Waals surface area contributed by atoms with E-state index in [9.17, 15) is 10.1 Å². The van der Waals surface area contributed by atoms with E-state index in [1.807, 2.05) is 0 Å². The van der Waals surface area contributed by atoms with Crippen LogP contribution in [0.3, 0.4) is 0 Å². The van der Waals surface area contributed by atoms with Gasteiger partial charge in [0.1, 0.15) is 0 Å². The predicted molar refractivity (Wildman–Crippen MR) is 78.9 cm³/mol. The van der Waals surface area contributed by atoms with Crippen molar-refractivity contribution in [2.24, 2.45) is 5.73 Å². The summed E-state index contributed by atoms with van der Waals surface area (Å²) in [5.74, 6) is 0. The Balaban J connectivity index is 2.23. The van der Waals surface area contributed by atoms with Gasteiger partial charge in [-0.3, -0.25) is 15.0 Å². The summed E-state index contributed by atoms with van der Waals surface area (Å²) >= 11 is 6.14. The van der Waals surface area contributed by atoms with Gasteiger partial charge in [0.05, 0.1) is 15.5 Å². The van der Waals surface area contributed by atoms with Crippen LogP contribution in [0.15, 0.2) is 18.2 Å². The molecule has 1 saturated heterocycles. The molecule has 2 rings (SSSR count). The first kappa shape index (κ1) is 15.2. The highest BCUT2D eigenvalue weighted by Gasteiger charge is 2.27. The van der Waals surface area contributed by atoms with Crippen LogP contribution in [-0.2, 0) is 6.54 Å². The molecule has 1 atom stereocenters. The van der Waals surface area contributed by atoms with E-state index in [1.54, 1.807) is 12.1 Å². The van der Waals surface area contributed by atoms with Crippen LogP contribution in [0.4, 0.5) is 5.69 Å². The number of nitro benzene ring substituents is 1. The number of benzene rings is 1. The van der Waals surface area contributed by atoms with Gasteiger partial charge in [0.2, 0.25) is 0 Å². The number of hydrogen-bond donors (Lipinski definition) is 1. The first-order chi connectivity index (χ1) is 9.52. The molecule has 1 unspecified atom stereocenters. The molecule has 0 bridgehead atoms. The largest absolute Gasteiger partial charge is 0.329 e. The van der Waals surface area contributed by atoms with Gasteiger partial charge < -0.3 is 10.6 Å². The molecule has 0 aliphatic carbocycles. The minimum Gasteiger partial charge on any atom is -0.329 e. The number of rotatable bonds is 4. The minimum atomic E-state index is -0.380. The normalized spacial score (nSPS) is 21.1. The van der Waals surface area contributed by atoms with Crippen molar-refractivity contribution in [3.63, 3.8) is 0 Å². The first-order valence-corrected chi connectivity index (χ1v) is 6.95. The van der Waals surface area contributed by atoms with Gasteiger partial charge in [-0.2, -0.15) is 0 Å². The van der Waals surface area contributed by atoms with E-state index >= 15 is 0 Å². The Hall–Kier alpha value is -1.21. The summed E-state index contributed by atoms with van der Waals surface area (Å²) < 4.78 is 0. The van der Waals surface area contributed by atoms with Crippen LogP contribution < -0.4 is 5.73 Å². The van der Waals surface area contributed by atoms with Crippen molar-refractivity contribution in [2.75, 3.05) is 33.2 Å². The fraction of sp³-hybridized carbons (Fsp3) is 0.538. The third-order valence-electron chi connectivity index (χ3n) is 3.73. The number of piperazine rings is 1. The first-order valence-electron chi connectivity index (χ1n) is 6.57. The lowest BCUT2D eigenvalue weighted by molar-refractivity contribution is -0.385. The van der Waals surface area contributed by atoms with Crippen molar-refractivity contribution in [3.05, 3.63) is 38.9 Å². The lowest BCUT2D eigenvalue weighted by Crippen LogP contribution is -2.54. The Morgan fingerprint density at radius 1 is 1.50 bits per heavy atom. The molecule has 0 saturated carbocycles. The lowest BCUT2D eigenvalue weighted by atomic mass is 10.1. The molecule has 1 aromatic rings. The lowest BCUT2D eigenvalue weighted by Gasteiger charge is -2.39. The van der Waals surface area contributed by atoms with E-state index in [0.29, 0.717) is 23.7 Å². The number of hydrogen-bond acceptors (Lipinski definition) is 5. The van der Waals surface area contributed by atoms with Crippen LogP contribution in [0.25, 0.3) is 0 Å². The molecule has 0 amide bonds. The number of nitrogens with two attached hydrogens (primary N) is 1. The van der Waals surface area contributed by atoms with Crippen molar-refractivity contribution < 1.29 is 4.92 Å². The number of halogens is 1. The van der Waals surface area contributed by atoms with Gasteiger partial charge in [-0.05, 0) is 13.1 Å². The number of likely N-dealkylation sites (N-methyl/N-ethyl adjacent to an activating group) is 1. The highest BCUT2D eigenvalue weighted by molar-refractivity contribution is 6.31. The van der Waals surface area contributed by atoms with Gasteiger partial charge in [-0.25, -0.2) is 0 Å². The zero-order valence-corrected chi connectivity index (χ0v) is 12.2. The van der Waals surface area contributed by atoms with Gasteiger partial charge in [0.25, 0.3) is 5.69 Å². The summed E-state index contributed by atoms with van der Waals surface area (Å²) in [7, 11) is 2.05. The molecule has 110 valence electrons.